The molecule has 0 spiro atoms. The molecule has 0 bridgehead atoms. The van der Waals surface area contributed by atoms with Gasteiger partial charge in [0.15, 0.2) is 0 Å². The molecule has 84 heavy (non-hydrogen) atoms. The van der Waals surface area contributed by atoms with E-state index in [0.717, 1.165) is 150 Å². The molecule has 6 heteroatoms. The minimum Gasteiger partial charge on any atom is -0.456 e. The molecule has 0 aliphatic heterocycles. The van der Waals surface area contributed by atoms with Crippen molar-refractivity contribution in [3.05, 3.63) is 309 Å². The van der Waals surface area contributed by atoms with Crippen LogP contribution in [0, 0.1) is 0 Å². The Morgan fingerprint density at radius 2 is 0.500 bits per heavy atom. The fourth-order valence-corrected chi connectivity index (χ4v) is 12.3. The summed E-state index contributed by atoms with van der Waals surface area (Å²) in [6.45, 7) is 0. The van der Waals surface area contributed by atoms with Gasteiger partial charge in [-0.1, -0.05) is 194 Å². The summed E-state index contributed by atoms with van der Waals surface area (Å²) in [7, 11) is 0. The SMILES string of the molecule is c1ccc(-c2ccc(N(c3cc(N(c4ccccc4)c4ccc(-c5cccc6c5oc5ccccc56)cc4)cc(N(c4ccccc4)c4ccc(-c5cccc6c5oc5ccccc56)cc4)c3)c3ccc4oc5ccccc5c4c3)cc2)cc1. The van der Waals surface area contributed by atoms with Crippen molar-refractivity contribution in [3.63, 3.8) is 0 Å². The lowest BCUT2D eigenvalue weighted by Crippen LogP contribution is -2.16. The van der Waals surface area contributed by atoms with Gasteiger partial charge in [-0.3, -0.25) is 0 Å². The van der Waals surface area contributed by atoms with Gasteiger partial charge in [0.1, 0.15) is 33.5 Å². The maximum Gasteiger partial charge on any atom is 0.143 e. The van der Waals surface area contributed by atoms with Crippen molar-refractivity contribution in [2.24, 2.45) is 0 Å². The monoisotopic (exact) mass is 1080 g/mol. The highest BCUT2D eigenvalue weighted by atomic mass is 16.3. The van der Waals surface area contributed by atoms with E-state index in [1.807, 2.05) is 36.4 Å². The molecule has 0 aliphatic rings. The lowest BCUT2D eigenvalue weighted by molar-refractivity contribution is 0.669. The highest BCUT2D eigenvalue weighted by molar-refractivity contribution is 6.11. The molecule has 0 saturated carbocycles. The normalized spacial score (nSPS) is 11.6. The van der Waals surface area contributed by atoms with Crippen molar-refractivity contribution in [2.75, 3.05) is 14.7 Å². The van der Waals surface area contributed by atoms with Crippen LogP contribution in [0.2, 0.25) is 0 Å². The van der Waals surface area contributed by atoms with E-state index in [4.69, 9.17) is 13.3 Å². The van der Waals surface area contributed by atoms with Crippen LogP contribution in [0.4, 0.5) is 51.2 Å². The van der Waals surface area contributed by atoms with Crippen LogP contribution in [-0.4, -0.2) is 0 Å². The zero-order valence-corrected chi connectivity index (χ0v) is 45.5. The van der Waals surface area contributed by atoms with E-state index < -0.39 is 0 Å². The molecule has 3 heterocycles. The summed E-state index contributed by atoms with van der Waals surface area (Å²) < 4.78 is 19.6. The van der Waals surface area contributed by atoms with E-state index in [2.05, 4.69) is 288 Å². The van der Waals surface area contributed by atoms with Gasteiger partial charge in [0.25, 0.3) is 0 Å². The summed E-state index contributed by atoms with van der Waals surface area (Å²) in [5, 5.41) is 6.52. The van der Waals surface area contributed by atoms with E-state index in [-0.39, 0.29) is 0 Å². The molecular weight excluding hydrogens is 1030 g/mol. The maximum atomic E-state index is 6.57. The van der Waals surface area contributed by atoms with Gasteiger partial charge in [0.2, 0.25) is 0 Å². The lowest BCUT2D eigenvalue weighted by Gasteiger charge is -2.33. The summed E-state index contributed by atoms with van der Waals surface area (Å²) in [4.78, 5) is 7.11. The molecule has 6 nitrogen and oxygen atoms in total. The second kappa shape index (κ2) is 20.3. The summed E-state index contributed by atoms with van der Waals surface area (Å²) >= 11 is 0. The predicted molar refractivity (Wildman–Crippen MR) is 349 cm³/mol. The summed E-state index contributed by atoms with van der Waals surface area (Å²) in [6, 6.07) is 110. The second-order valence-corrected chi connectivity index (χ2v) is 21.2. The van der Waals surface area contributed by atoms with E-state index in [0.29, 0.717) is 0 Å². The van der Waals surface area contributed by atoms with Crippen LogP contribution in [-0.2, 0) is 0 Å². The van der Waals surface area contributed by atoms with Crippen LogP contribution >= 0.6 is 0 Å². The highest BCUT2D eigenvalue weighted by Gasteiger charge is 2.24. The Morgan fingerprint density at radius 1 is 0.179 bits per heavy atom. The number of hydrogen-bond donors (Lipinski definition) is 0. The Balaban J connectivity index is 0.910. The molecule has 396 valence electrons. The standard InChI is InChI=1S/C78H51N3O3/c1-4-18-52(19-5-1)53-34-40-60(41-35-53)81(61-46-47-76-72(51-61)69-26-12-13-31-73(69)82-76)64-49-62(79(56-20-6-2-7-21-56)58-42-36-54(37-43-58)65-27-16-29-70-67-24-10-14-32-74(67)83-77(65)70)48-63(50-64)80(57-22-8-3-9-23-57)59-44-38-55(39-45-59)66-28-17-30-71-68-25-11-15-33-75(68)84-78(66)71/h1-51H. The molecule has 0 unspecified atom stereocenters. The van der Waals surface area contributed by atoms with E-state index in [1.54, 1.807) is 0 Å². The van der Waals surface area contributed by atoms with Gasteiger partial charge in [0.05, 0.1) is 17.1 Å². The third-order valence-corrected chi connectivity index (χ3v) is 16.2. The van der Waals surface area contributed by atoms with Crippen molar-refractivity contribution in [3.8, 4) is 33.4 Å². The van der Waals surface area contributed by atoms with E-state index in [1.165, 1.54) is 0 Å². The molecule has 0 radical (unpaired) electrons. The number of anilines is 9. The minimum atomic E-state index is 0.833. The Hall–Kier alpha value is -11.3. The van der Waals surface area contributed by atoms with Crippen molar-refractivity contribution in [2.45, 2.75) is 0 Å². The topological polar surface area (TPSA) is 49.1 Å². The number of hydrogen-bond acceptors (Lipinski definition) is 6. The highest BCUT2D eigenvalue weighted by Crippen LogP contribution is 2.48. The van der Waals surface area contributed by atoms with Crippen LogP contribution in [0.1, 0.15) is 0 Å². The fraction of sp³-hybridized carbons (Fsp3) is 0. The molecule has 0 atom stereocenters. The van der Waals surface area contributed by atoms with Crippen LogP contribution in [0.25, 0.3) is 99.2 Å². The molecule has 0 aliphatic carbocycles. The molecule has 16 aromatic rings. The van der Waals surface area contributed by atoms with Crippen molar-refractivity contribution < 1.29 is 13.3 Å². The number of rotatable bonds is 12. The second-order valence-electron chi connectivity index (χ2n) is 21.2. The van der Waals surface area contributed by atoms with Gasteiger partial charge in [-0.25, -0.2) is 0 Å². The largest absolute Gasteiger partial charge is 0.456 e. The molecule has 13 aromatic carbocycles. The molecule has 16 rings (SSSR count). The first-order valence-corrected chi connectivity index (χ1v) is 28.4. The van der Waals surface area contributed by atoms with Crippen LogP contribution in [0.5, 0.6) is 0 Å². The number of benzene rings is 13. The van der Waals surface area contributed by atoms with Gasteiger partial charge in [0, 0.05) is 77.6 Å². The molecule has 0 N–H and O–H groups in total. The average Bonchev–Trinajstić information content (AvgIpc) is 4.46. The van der Waals surface area contributed by atoms with Gasteiger partial charge < -0.3 is 28.0 Å². The van der Waals surface area contributed by atoms with Crippen molar-refractivity contribution >= 4 is 117 Å². The fourth-order valence-electron chi connectivity index (χ4n) is 12.3. The third kappa shape index (κ3) is 8.52. The molecular formula is C78H51N3O3. The number of fused-ring (bicyclic) bond motifs is 9. The Labute approximate surface area is 485 Å². The first-order valence-electron chi connectivity index (χ1n) is 28.4. The number of nitrogens with zero attached hydrogens (tertiary/aromatic N) is 3. The number of furan rings is 3. The Morgan fingerprint density at radius 3 is 0.964 bits per heavy atom. The number of para-hydroxylation sites is 7. The molecule has 3 aromatic heterocycles. The lowest BCUT2D eigenvalue weighted by atomic mass is 10.0. The molecule has 0 amide bonds. The minimum absolute atomic E-state index is 0.833. The Bertz CT molecular complexity index is 4850. The zero-order valence-electron chi connectivity index (χ0n) is 45.5. The van der Waals surface area contributed by atoms with Crippen molar-refractivity contribution in [1.29, 1.82) is 0 Å². The summed E-state index contributed by atoms with van der Waals surface area (Å²) in [5.74, 6) is 0. The Kier molecular flexibility index (Phi) is 11.8. The van der Waals surface area contributed by atoms with Gasteiger partial charge in [-0.15, -0.1) is 0 Å². The summed E-state index contributed by atoms with van der Waals surface area (Å²) in [5.41, 5.74) is 20.5. The zero-order chi connectivity index (χ0) is 55.5. The first kappa shape index (κ1) is 48.6. The van der Waals surface area contributed by atoms with E-state index in [9.17, 15) is 0 Å². The van der Waals surface area contributed by atoms with Crippen LogP contribution in [0.15, 0.2) is 323 Å². The molecule has 0 fully saturated rings. The maximum absolute atomic E-state index is 6.57. The quantitative estimate of drug-likeness (QED) is 0.122. The van der Waals surface area contributed by atoms with Gasteiger partial charge in [-0.05, 0) is 138 Å². The van der Waals surface area contributed by atoms with Gasteiger partial charge >= 0.3 is 0 Å². The van der Waals surface area contributed by atoms with Gasteiger partial charge in [-0.2, -0.15) is 0 Å². The van der Waals surface area contributed by atoms with E-state index >= 15 is 0 Å². The summed E-state index contributed by atoms with van der Waals surface area (Å²) in [6.07, 6.45) is 0. The van der Waals surface area contributed by atoms with Crippen LogP contribution in [0.3, 0.4) is 0 Å². The molecule has 0 saturated heterocycles. The first-order chi connectivity index (χ1) is 41.6. The van der Waals surface area contributed by atoms with Crippen LogP contribution < -0.4 is 14.7 Å². The average molecular weight is 1080 g/mol. The predicted octanol–water partition coefficient (Wildman–Crippen LogP) is 22.8. The smallest absolute Gasteiger partial charge is 0.143 e. The third-order valence-electron chi connectivity index (χ3n) is 16.2. The van der Waals surface area contributed by atoms with Crippen molar-refractivity contribution in [1.82, 2.24) is 0 Å².